The van der Waals surface area contributed by atoms with Crippen molar-refractivity contribution in [3.05, 3.63) is 18.2 Å². The first-order valence-corrected chi connectivity index (χ1v) is 8.70. The van der Waals surface area contributed by atoms with Gasteiger partial charge in [-0.05, 0) is 56.8 Å². The number of ether oxygens (including phenoxy) is 1. The van der Waals surface area contributed by atoms with Gasteiger partial charge < -0.3 is 20.7 Å². The van der Waals surface area contributed by atoms with Crippen molar-refractivity contribution in [2.75, 3.05) is 36.8 Å². The smallest absolute Gasteiger partial charge is 0.145 e. The molecule has 0 spiro atoms. The van der Waals surface area contributed by atoms with Crippen LogP contribution < -0.4 is 20.7 Å². The zero-order valence-corrected chi connectivity index (χ0v) is 13.9. The molecule has 2 aliphatic rings. The lowest BCUT2D eigenvalue weighted by atomic mass is 9.91. The molecule has 1 aromatic carbocycles. The first kappa shape index (κ1) is 15.5. The second-order valence-electron chi connectivity index (χ2n) is 6.76. The molecule has 0 unspecified atom stereocenters. The Morgan fingerprint density at radius 1 is 1.27 bits per heavy atom. The fourth-order valence-electron chi connectivity index (χ4n) is 3.80. The molecule has 3 N–H and O–H groups in total. The Hall–Kier alpha value is -1.42. The summed E-state index contributed by atoms with van der Waals surface area (Å²) in [6.45, 7) is 8.77. The molecule has 1 fully saturated rings. The van der Waals surface area contributed by atoms with Gasteiger partial charge in [-0.2, -0.15) is 0 Å². The summed E-state index contributed by atoms with van der Waals surface area (Å²) in [6, 6.07) is 6.06. The van der Waals surface area contributed by atoms with Gasteiger partial charge in [0, 0.05) is 6.54 Å². The van der Waals surface area contributed by atoms with Crippen LogP contribution in [0.4, 0.5) is 11.4 Å². The highest BCUT2D eigenvalue weighted by molar-refractivity contribution is 5.76. The average molecular weight is 303 g/mol. The van der Waals surface area contributed by atoms with E-state index in [0.717, 1.165) is 62.1 Å². The molecule has 0 aromatic heterocycles. The van der Waals surface area contributed by atoms with Crippen molar-refractivity contribution in [3.63, 3.8) is 0 Å². The molecule has 0 amide bonds. The number of fused-ring (bicyclic) bond motifs is 1. The van der Waals surface area contributed by atoms with Crippen LogP contribution in [0.25, 0.3) is 0 Å². The summed E-state index contributed by atoms with van der Waals surface area (Å²) in [4.78, 5) is 2.50. The van der Waals surface area contributed by atoms with Gasteiger partial charge in [-0.15, -0.1) is 0 Å². The standard InChI is InChI=1S/C18H29N3O/c1-3-18(4-2)13-21(12-14-8-10-20-11-9-14)17-15(19)6-5-7-16(17)22-18/h5-7,14,20H,3-4,8-13,19H2,1-2H3. The minimum Gasteiger partial charge on any atom is -0.483 e. The molecule has 0 bridgehead atoms. The molecule has 4 nitrogen and oxygen atoms in total. The third-order valence-corrected chi connectivity index (χ3v) is 5.38. The van der Waals surface area contributed by atoms with Crippen LogP contribution in [0.2, 0.25) is 0 Å². The lowest BCUT2D eigenvalue weighted by molar-refractivity contribution is 0.0563. The molecular formula is C18H29N3O. The van der Waals surface area contributed by atoms with Crippen LogP contribution in [0.15, 0.2) is 18.2 Å². The van der Waals surface area contributed by atoms with Gasteiger partial charge in [-0.1, -0.05) is 19.9 Å². The minimum atomic E-state index is -0.0757. The van der Waals surface area contributed by atoms with Crippen molar-refractivity contribution in [1.82, 2.24) is 5.32 Å². The first-order chi connectivity index (χ1) is 10.7. The zero-order chi connectivity index (χ0) is 15.6. The van der Waals surface area contributed by atoms with Crippen molar-refractivity contribution in [2.24, 2.45) is 5.92 Å². The highest BCUT2D eigenvalue weighted by Crippen LogP contribution is 2.43. The largest absolute Gasteiger partial charge is 0.483 e. The molecule has 2 aliphatic heterocycles. The lowest BCUT2D eigenvalue weighted by Gasteiger charge is -2.46. The molecule has 3 rings (SSSR count). The summed E-state index contributed by atoms with van der Waals surface area (Å²) in [7, 11) is 0. The molecular weight excluding hydrogens is 274 g/mol. The lowest BCUT2D eigenvalue weighted by Crippen LogP contribution is -2.52. The Kier molecular flexibility index (Phi) is 4.48. The number of anilines is 2. The van der Waals surface area contributed by atoms with E-state index in [1.54, 1.807) is 0 Å². The van der Waals surface area contributed by atoms with Gasteiger partial charge in [-0.25, -0.2) is 0 Å². The van der Waals surface area contributed by atoms with Crippen LogP contribution in [0.1, 0.15) is 39.5 Å². The fraction of sp³-hybridized carbons (Fsp3) is 0.667. The van der Waals surface area contributed by atoms with E-state index >= 15 is 0 Å². The minimum absolute atomic E-state index is 0.0757. The molecule has 0 atom stereocenters. The van der Waals surface area contributed by atoms with Gasteiger partial charge in [0.05, 0.1) is 12.2 Å². The number of piperidine rings is 1. The van der Waals surface area contributed by atoms with E-state index in [4.69, 9.17) is 10.5 Å². The maximum absolute atomic E-state index is 6.38. The maximum Gasteiger partial charge on any atom is 0.145 e. The number of hydrogen-bond donors (Lipinski definition) is 2. The number of nitrogens with two attached hydrogens (primary N) is 1. The van der Waals surface area contributed by atoms with E-state index in [-0.39, 0.29) is 5.60 Å². The highest BCUT2D eigenvalue weighted by atomic mass is 16.5. The maximum atomic E-state index is 6.38. The third kappa shape index (κ3) is 2.89. The number of benzene rings is 1. The summed E-state index contributed by atoms with van der Waals surface area (Å²) >= 11 is 0. The van der Waals surface area contributed by atoms with Crippen LogP contribution in [-0.4, -0.2) is 31.8 Å². The molecule has 4 heteroatoms. The van der Waals surface area contributed by atoms with Crippen molar-refractivity contribution >= 4 is 11.4 Å². The van der Waals surface area contributed by atoms with E-state index in [9.17, 15) is 0 Å². The molecule has 0 saturated carbocycles. The van der Waals surface area contributed by atoms with Gasteiger partial charge >= 0.3 is 0 Å². The van der Waals surface area contributed by atoms with Crippen molar-refractivity contribution in [1.29, 1.82) is 0 Å². The topological polar surface area (TPSA) is 50.5 Å². The van der Waals surface area contributed by atoms with Crippen LogP contribution >= 0.6 is 0 Å². The molecule has 122 valence electrons. The van der Waals surface area contributed by atoms with Gasteiger partial charge in [0.2, 0.25) is 0 Å². The van der Waals surface area contributed by atoms with Crippen LogP contribution in [0.3, 0.4) is 0 Å². The van der Waals surface area contributed by atoms with Crippen molar-refractivity contribution in [2.45, 2.75) is 45.1 Å². The monoisotopic (exact) mass is 303 g/mol. The number of nitrogens with zero attached hydrogens (tertiary/aromatic N) is 1. The highest BCUT2D eigenvalue weighted by Gasteiger charge is 2.38. The van der Waals surface area contributed by atoms with Gasteiger partial charge in [0.15, 0.2) is 0 Å². The summed E-state index contributed by atoms with van der Waals surface area (Å²) in [5.41, 5.74) is 8.15. The number of nitrogen functional groups attached to an aromatic ring is 1. The Labute approximate surface area is 134 Å². The Bertz CT molecular complexity index is 507. The predicted octanol–water partition coefficient (Wildman–Crippen LogP) is 3.03. The molecule has 2 heterocycles. The molecule has 0 radical (unpaired) electrons. The van der Waals surface area contributed by atoms with E-state index in [1.807, 2.05) is 12.1 Å². The number of para-hydroxylation sites is 1. The van der Waals surface area contributed by atoms with E-state index < -0.39 is 0 Å². The Balaban J connectivity index is 1.89. The van der Waals surface area contributed by atoms with Gasteiger partial charge in [0.25, 0.3) is 0 Å². The SMILES string of the molecule is CCC1(CC)CN(CC2CCNCC2)c2c(N)cccc2O1. The molecule has 0 aliphatic carbocycles. The molecule has 22 heavy (non-hydrogen) atoms. The summed E-state index contributed by atoms with van der Waals surface area (Å²) in [6.07, 6.45) is 4.57. The normalized spacial score (nSPS) is 21.3. The molecule has 1 aromatic rings. The van der Waals surface area contributed by atoms with Crippen LogP contribution in [0.5, 0.6) is 5.75 Å². The van der Waals surface area contributed by atoms with E-state index in [2.05, 4.69) is 30.1 Å². The van der Waals surface area contributed by atoms with E-state index in [1.165, 1.54) is 12.8 Å². The number of nitrogens with one attached hydrogen (secondary N) is 1. The third-order valence-electron chi connectivity index (χ3n) is 5.38. The number of hydrogen-bond acceptors (Lipinski definition) is 4. The summed E-state index contributed by atoms with van der Waals surface area (Å²) in [5.74, 6) is 1.71. The fourth-order valence-corrected chi connectivity index (χ4v) is 3.80. The average Bonchev–Trinajstić information content (AvgIpc) is 2.55. The van der Waals surface area contributed by atoms with Crippen molar-refractivity contribution in [3.8, 4) is 5.75 Å². The number of rotatable bonds is 4. The summed E-state index contributed by atoms with van der Waals surface area (Å²) < 4.78 is 6.38. The predicted molar refractivity (Wildman–Crippen MR) is 92.6 cm³/mol. The quantitative estimate of drug-likeness (QED) is 0.840. The van der Waals surface area contributed by atoms with Crippen LogP contribution in [0, 0.1) is 5.92 Å². The summed E-state index contributed by atoms with van der Waals surface area (Å²) in [5, 5.41) is 3.45. The van der Waals surface area contributed by atoms with Crippen LogP contribution in [-0.2, 0) is 0 Å². The second kappa shape index (κ2) is 6.37. The first-order valence-electron chi connectivity index (χ1n) is 8.70. The van der Waals surface area contributed by atoms with Gasteiger partial charge in [-0.3, -0.25) is 0 Å². The second-order valence-corrected chi connectivity index (χ2v) is 6.76. The Morgan fingerprint density at radius 3 is 2.68 bits per heavy atom. The van der Waals surface area contributed by atoms with Gasteiger partial charge in [0.1, 0.15) is 17.0 Å². The van der Waals surface area contributed by atoms with E-state index in [0.29, 0.717) is 0 Å². The van der Waals surface area contributed by atoms with Crippen molar-refractivity contribution < 1.29 is 4.74 Å². The molecule has 1 saturated heterocycles. The zero-order valence-electron chi connectivity index (χ0n) is 13.9. The Morgan fingerprint density at radius 2 is 2.00 bits per heavy atom.